The van der Waals surface area contributed by atoms with Crippen LogP contribution < -0.4 is 5.32 Å². The van der Waals surface area contributed by atoms with Crippen molar-refractivity contribution in [3.63, 3.8) is 0 Å². The summed E-state index contributed by atoms with van der Waals surface area (Å²) in [6.45, 7) is 4.21. The third-order valence-electron chi connectivity index (χ3n) is 3.95. The fraction of sp³-hybridized carbons (Fsp3) is 0.533. The summed E-state index contributed by atoms with van der Waals surface area (Å²) in [6, 6.07) is 5.09. The number of nitrogens with zero attached hydrogens (tertiary/aromatic N) is 1. The lowest BCUT2D eigenvalue weighted by molar-refractivity contribution is -0.137. The van der Waals surface area contributed by atoms with Gasteiger partial charge in [0.15, 0.2) is 0 Å². The fourth-order valence-electron chi connectivity index (χ4n) is 2.06. The average molecular weight is 300 g/mol. The van der Waals surface area contributed by atoms with E-state index in [0.29, 0.717) is 12.2 Å². The molecule has 0 fully saturated rings. The van der Waals surface area contributed by atoms with Crippen molar-refractivity contribution < 1.29 is 18.3 Å². The normalized spacial score (nSPS) is 12.0. The number of benzene rings is 1. The van der Waals surface area contributed by atoms with E-state index in [2.05, 4.69) is 5.32 Å². The molecule has 0 atom stereocenters. The van der Waals surface area contributed by atoms with Gasteiger partial charge >= 0.3 is 6.18 Å². The van der Waals surface area contributed by atoms with Gasteiger partial charge in [-0.3, -0.25) is 0 Å². The molecule has 0 aromatic heterocycles. The van der Waals surface area contributed by atoms with Gasteiger partial charge in [0.2, 0.25) is 0 Å². The second-order valence-corrected chi connectivity index (χ2v) is 5.09. The first kappa shape index (κ1) is 17.3. The van der Waals surface area contributed by atoms with Crippen molar-refractivity contribution in [2.75, 3.05) is 18.5 Å². The fourth-order valence-corrected chi connectivity index (χ4v) is 2.06. The van der Waals surface area contributed by atoms with E-state index < -0.39 is 17.3 Å². The molecule has 3 nitrogen and oxygen atoms in total. The third kappa shape index (κ3) is 4.11. The van der Waals surface area contributed by atoms with Gasteiger partial charge in [-0.2, -0.15) is 18.4 Å². The molecule has 0 aliphatic carbocycles. The summed E-state index contributed by atoms with van der Waals surface area (Å²) in [7, 11) is 0. The molecule has 0 heterocycles. The Balaban J connectivity index is 2.99. The van der Waals surface area contributed by atoms with Crippen LogP contribution in [0.3, 0.4) is 0 Å². The van der Waals surface area contributed by atoms with Crippen molar-refractivity contribution in [2.24, 2.45) is 5.41 Å². The van der Waals surface area contributed by atoms with Crippen LogP contribution in [-0.2, 0) is 6.18 Å². The lowest BCUT2D eigenvalue weighted by atomic mass is 9.83. The molecule has 0 bridgehead atoms. The van der Waals surface area contributed by atoms with E-state index in [4.69, 9.17) is 5.26 Å². The van der Waals surface area contributed by atoms with Gasteiger partial charge in [-0.05, 0) is 31.0 Å². The van der Waals surface area contributed by atoms with E-state index >= 15 is 0 Å². The predicted molar refractivity (Wildman–Crippen MR) is 74.7 cm³/mol. The highest BCUT2D eigenvalue weighted by Crippen LogP contribution is 2.34. The molecule has 116 valence electrons. The van der Waals surface area contributed by atoms with Crippen molar-refractivity contribution in [2.45, 2.75) is 32.9 Å². The van der Waals surface area contributed by atoms with Crippen LogP contribution in [-0.4, -0.2) is 18.3 Å². The molecule has 6 heteroatoms. The van der Waals surface area contributed by atoms with Gasteiger partial charge in [-0.25, -0.2) is 0 Å². The van der Waals surface area contributed by atoms with E-state index in [9.17, 15) is 18.3 Å². The molecular weight excluding hydrogens is 281 g/mol. The number of alkyl halides is 3. The number of hydrogen-bond acceptors (Lipinski definition) is 3. The molecule has 2 N–H and O–H groups in total. The van der Waals surface area contributed by atoms with Gasteiger partial charge < -0.3 is 10.4 Å². The number of aliphatic hydroxyl groups is 1. The van der Waals surface area contributed by atoms with E-state index in [1.165, 1.54) is 6.07 Å². The van der Waals surface area contributed by atoms with E-state index in [1.807, 2.05) is 13.8 Å². The quantitative estimate of drug-likeness (QED) is 0.840. The van der Waals surface area contributed by atoms with Crippen molar-refractivity contribution in [1.29, 1.82) is 5.26 Å². The Labute approximate surface area is 122 Å². The van der Waals surface area contributed by atoms with Gasteiger partial charge in [0, 0.05) is 17.6 Å². The Kier molecular flexibility index (Phi) is 5.62. The summed E-state index contributed by atoms with van der Waals surface area (Å²) in [5.41, 5.74) is -1.40. The van der Waals surface area contributed by atoms with Crippen LogP contribution in [0.25, 0.3) is 0 Å². The van der Waals surface area contributed by atoms with Crippen LogP contribution in [0.4, 0.5) is 18.9 Å². The SMILES string of the molecule is CCC(CC)(CO)CNc1ccc(C#N)c(C(F)(F)F)c1. The van der Waals surface area contributed by atoms with Gasteiger partial charge in [0.05, 0.1) is 23.8 Å². The first-order chi connectivity index (χ1) is 9.81. The number of halogens is 3. The molecule has 0 unspecified atom stereocenters. The molecule has 0 radical (unpaired) electrons. The topological polar surface area (TPSA) is 56.0 Å². The Morgan fingerprint density at radius 2 is 1.86 bits per heavy atom. The zero-order chi connectivity index (χ0) is 16.1. The first-order valence-corrected chi connectivity index (χ1v) is 6.78. The van der Waals surface area contributed by atoms with Crippen LogP contribution >= 0.6 is 0 Å². The summed E-state index contributed by atoms with van der Waals surface area (Å²) in [5.74, 6) is 0. The number of aliphatic hydroxyl groups excluding tert-OH is 1. The Hall–Kier alpha value is -1.74. The second kappa shape index (κ2) is 6.81. The van der Waals surface area contributed by atoms with Crippen LogP contribution in [0, 0.1) is 16.7 Å². The van der Waals surface area contributed by atoms with E-state index in [1.54, 1.807) is 6.07 Å². The minimum absolute atomic E-state index is 0.0323. The summed E-state index contributed by atoms with van der Waals surface area (Å²) >= 11 is 0. The smallest absolute Gasteiger partial charge is 0.396 e. The minimum Gasteiger partial charge on any atom is -0.396 e. The monoisotopic (exact) mass is 300 g/mol. The van der Waals surface area contributed by atoms with Gasteiger partial charge in [-0.1, -0.05) is 13.8 Å². The van der Waals surface area contributed by atoms with Crippen molar-refractivity contribution in [1.82, 2.24) is 0 Å². The Morgan fingerprint density at radius 1 is 1.24 bits per heavy atom. The molecule has 0 saturated carbocycles. The molecule has 1 aromatic rings. The second-order valence-electron chi connectivity index (χ2n) is 5.09. The number of rotatable bonds is 6. The van der Waals surface area contributed by atoms with Crippen molar-refractivity contribution in [3.05, 3.63) is 29.3 Å². The zero-order valence-corrected chi connectivity index (χ0v) is 12.1. The minimum atomic E-state index is -4.56. The van der Waals surface area contributed by atoms with Crippen LogP contribution in [0.5, 0.6) is 0 Å². The third-order valence-corrected chi connectivity index (χ3v) is 3.95. The molecule has 0 amide bonds. The number of anilines is 1. The molecular formula is C15H19F3N2O. The lowest BCUT2D eigenvalue weighted by Crippen LogP contribution is -2.32. The highest BCUT2D eigenvalue weighted by molar-refractivity contribution is 5.53. The van der Waals surface area contributed by atoms with Gasteiger partial charge in [0.25, 0.3) is 0 Å². The maximum atomic E-state index is 12.9. The summed E-state index contributed by atoms with van der Waals surface area (Å²) in [5, 5.41) is 21.1. The van der Waals surface area contributed by atoms with Gasteiger partial charge in [0.1, 0.15) is 0 Å². The van der Waals surface area contributed by atoms with Crippen molar-refractivity contribution in [3.8, 4) is 6.07 Å². The van der Waals surface area contributed by atoms with E-state index in [-0.39, 0.29) is 12.0 Å². The lowest BCUT2D eigenvalue weighted by Gasteiger charge is -2.30. The molecule has 0 spiro atoms. The summed E-state index contributed by atoms with van der Waals surface area (Å²) in [4.78, 5) is 0. The highest BCUT2D eigenvalue weighted by Gasteiger charge is 2.34. The Morgan fingerprint density at radius 3 is 2.29 bits per heavy atom. The number of hydrogen-bond donors (Lipinski definition) is 2. The average Bonchev–Trinajstić information content (AvgIpc) is 2.48. The molecule has 0 aliphatic heterocycles. The number of nitrogens with one attached hydrogen (secondary N) is 1. The summed E-state index contributed by atoms with van der Waals surface area (Å²) in [6.07, 6.45) is -3.13. The van der Waals surface area contributed by atoms with Crippen LogP contribution in [0.1, 0.15) is 37.8 Å². The largest absolute Gasteiger partial charge is 0.417 e. The maximum Gasteiger partial charge on any atom is 0.417 e. The summed E-state index contributed by atoms with van der Waals surface area (Å²) < 4.78 is 38.6. The molecule has 21 heavy (non-hydrogen) atoms. The van der Waals surface area contributed by atoms with Crippen LogP contribution in [0.2, 0.25) is 0 Å². The maximum absolute atomic E-state index is 12.9. The van der Waals surface area contributed by atoms with Crippen LogP contribution in [0.15, 0.2) is 18.2 Å². The number of nitriles is 1. The van der Waals surface area contributed by atoms with E-state index in [0.717, 1.165) is 25.0 Å². The highest BCUT2D eigenvalue weighted by atomic mass is 19.4. The zero-order valence-electron chi connectivity index (χ0n) is 12.1. The van der Waals surface area contributed by atoms with Crippen molar-refractivity contribution >= 4 is 5.69 Å². The molecule has 1 aromatic carbocycles. The molecule has 0 saturated heterocycles. The first-order valence-electron chi connectivity index (χ1n) is 6.78. The predicted octanol–water partition coefficient (Wildman–Crippen LogP) is 3.79. The Bertz CT molecular complexity index is 508. The molecule has 0 aliphatic rings. The van der Waals surface area contributed by atoms with Gasteiger partial charge in [-0.15, -0.1) is 0 Å². The molecule has 1 rings (SSSR count). The standard InChI is InChI=1S/C15H19F3N2O/c1-3-14(4-2,10-21)9-20-12-6-5-11(8-19)13(7-12)15(16,17)18/h5-7,20-21H,3-4,9-10H2,1-2H3.